The van der Waals surface area contributed by atoms with Crippen LogP contribution in [0.4, 0.5) is 0 Å². The molecule has 1 aliphatic rings. The number of benzene rings is 1. The van der Waals surface area contributed by atoms with E-state index in [0.29, 0.717) is 11.8 Å². The summed E-state index contributed by atoms with van der Waals surface area (Å²) in [6.07, 6.45) is 3.61. The van der Waals surface area contributed by atoms with Crippen molar-refractivity contribution in [2.75, 3.05) is 0 Å². The summed E-state index contributed by atoms with van der Waals surface area (Å²) in [5.41, 5.74) is 3.58. The molecule has 96 valence electrons. The average Bonchev–Trinajstić information content (AvgIpc) is 2.76. The van der Waals surface area contributed by atoms with E-state index in [2.05, 4.69) is 62.8 Å². The molecule has 18 heavy (non-hydrogen) atoms. The molecule has 1 aliphatic heterocycles. The Labute approximate surface area is 110 Å². The first kappa shape index (κ1) is 13.0. The van der Waals surface area contributed by atoms with Gasteiger partial charge in [0.15, 0.2) is 5.66 Å². The van der Waals surface area contributed by atoms with Gasteiger partial charge in [0.1, 0.15) is 0 Å². The molecule has 0 saturated carbocycles. The van der Waals surface area contributed by atoms with Gasteiger partial charge in [0.25, 0.3) is 0 Å². The molecule has 2 heteroatoms. The van der Waals surface area contributed by atoms with Crippen molar-refractivity contribution < 1.29 is 0 Å². The lowest BCUT2D eigenvalue weighted by molar-refractivity contribution is 0.522. The first-order valence-electron chi connectivity index (χ1n) is 6.68. The molecule has 0 aromatic heterocycles. The fourth-order valence-electron chi connectivity index (χ4n) is 2.62. The molecule has 0 fully saturated rings. The summed E-state index contributed by atoms with van der Waals surface area (Å²) < 4.78 is 0. The quantitative estimate of drug-likeness (QED) is 0.756. The largest absolute Gasteiger partial charge is 0.258 e. The van der Waals surface area contributed by atoms with E-state index in [9.17, 15) is 0 Å². The third kappa shape index (κ3) is 2.12. The minimum atomic E-state index is -0.430. The van der Waals surface area contributed by atoms with Crippen molar-refractivity contribution in [3.05, 3.63) is 34.9 Å². The van der Waals surface area contributed by atoms with E-state index < -0.39 is 5.66 Å². The minimum absolute atomic E-state index is 0.430. The highest BCUT2D eigenvalue weighted by molar-refractivity contribution is 6.17. The van der Waals surface area contributed by atoms with Crippen molar-refractivity contribution in [2.24, 2.45) is 9.98 Å². The summed E-state index contributed by atoms with van der Waals surface area (Å²) in [6, 6.07) is 6.57. The van der Waals surface area contributed by atoms with Gasteiger partial charge in [-0.2, -0.15) is 0 Å². The van der Waals surface area contributed by atoms with Crippen molar-refractivity contribution in [3.63, 3.8) is 0 Å². The second-order valence-corrected chi connectivity index (χ2v) is 5.70. The number of aliphatic imine (C=N–C) groups is 2. The topological polar surface area (TPSA) is 24.7 Å². The van der Waals surface area contributed by atoms with Crippen LogP contribution in [0.25, 0.3) is 0 Å². The maximum atomic E-state index is 4.58. The summed E-state index contributed by atoms with van der Waals surface area (Å²) in [4.78, 5) is 9.15. The second kappa shape index (κ2) is 4.68. The van der Waals surface area contributed by atoms with Crippen molar-refractivity contribution in [3.8, 4) is 0 Å². The van der Waals surface area contributed by atoms with Gasteiger partial charge in [0.2, 0.25) is 0 Å². The molecule has 1 heterocycles. The zero-order valence-corrected chi connectivity index (χ0v) is 11.9. The van der Waals surface area contributed by atoms with E-state index in [1.807, 2.05) is 0 Å². The van der Waals surface area contributed by atoms with Gasteiger partial charge in [-0.3, -0.25) is 9.98 Å². The van der Waals surface area contributed by atoms with E-state index in [1.165, 1.54) is 16.7 Å². The molecule has 0 saturated heterocycles. The number of rotatable bonds is 3. The Morgan fingerprint density at radius 3 is 1.72 bits per heavy atom. The molecule has 0 spiro atoms. The van der Waals surface area contributed by atoms with Crippen LogP contribution in [0, 0.1) is 0 Å². The summed E-state index contributed by atoms with van der Waals surface area (Å²) in [5, 5.41) is 0. The highest BCUT2D eigenvalue weighted by atomic mass is 15.1. The van der Waals surface area contributed by atoms with Crippen molar-refractivity contribution in [1.82, 2.24) is 0 Å². The van der Waals surface area contributed by atoms with Crippen LogP contribution in [0.15, 0.2) is 28.2 Å². The van der Waals surface area contributed by atoms with Crippen LogP contribution in [-0.4, -0.2) is 12.4 Å². The first-order valence-corrected chi connectivity index (χ1v) is 6.68. The predicted octanol–water partition coefficient (Wildman–Crippen LogP) is 4.26. The fourth-order valence-corrected chi connectivity index (χ4v) is 2.62. The summed E-state index contributed by atoms with van der Waals surface area (Å²) in [6.45, 7) is 11.0. The Hall–Kier alpha value is -1.44. The van der Waals surface area contributed by atoms with Crippen LogP contribution in [0.5, 0.6) is 0 Å². The van der Waals surface area contributed by atoms with Gasteiger partial charge in [-0.05, 0) is 29.9 Å². The molecular formula is C16H22N2. The maximum Gasteiger partial charge on any atom is 0.173 e. The lowest BCUT2D eigenvalue weighted by Gasteiger charge is -2.28. The number of hydrogen-bond donors (Lipinski definition) is 0. The van der Waals surface area contributed by atoms with E-state index in [-0.39, 0.29) is 0 Å². The fraction of sp³-hybridized carbons (Fsp3) is 0.500. The van der Waals surface area contributed by atoms with E-state index in [4.69, 9.17) is 0 Å². The SMILES string of the molecule is CC(C)c1cccc(C(C)C)c1C1(C)N=CC=N1. The van der Waals surface area contributed by atoms with Gasteiger partial charge in [-0.15, -0.1) is 0 Å². The Balaban J connectivity index is 2.68. The number of nitrogens with zero attached hydrogens (tertiary/aromatic N) is 2. The third-order valence-electron chi connectivity index (χ3n) is 3.57. The summed E-state index contributed by atoms with van der Waals surface area (Å²) >= 11 is 0. The zero-order chi connectivity index (χ0) is 13.3. The summed E-state index contributed by atoms with van der Waals surface area (Å²) in [5.74, 6) is 0.975. The Morgan fingerprint density at radius 1 is 0.889 bits per heavy atom. The van der Waals surface area contributed by atoms with E-state index in [0.717, 1.165) is 0 Å². The smallest absolute Gasteiger partial charge is 0.173 e. The molecule has 0 atom stereocenters. The third-order valence-corrected chi connectivity index (χ3v) is 3.57. The predicted molar refractivity (Wildman–Crippen MR) is 79.0 cm³/mol. The van der Waals surface area contributed by atoms with Crippen LogP contribution in [0.2, 0.25) is 0 Å². The van der Waals surface area contributed by atoms with Crippen molar-refractivity contribution in [2.45, 2.75) is 52.1 Å². The van der Waals surface area contributed by atoms with Gasteiger partial charge in [-0.1, -0.05) is 45.9 Å². The van der Waals surface area contributed by atoms with Gasteiger partial charge in [-0.25, -0.2) is 0 Å². The van der Waals surface area contributed by atoms with E-state index >= 15 is 0 Å². The normalized spacial score (nSPS) is 17.1. The molecule has 0 N–H and O–H groups in total. The van der Waals surface area contributed by atoms with Crippen LogP contribution >= 0.6 is 0 Å². The van der Waals surface area contributed by atoms with Gasteiger partial charge in [0, 0.05) is 18.0 Å². The minimum Gasteiger partial charge on any atom is -0.258 e. The van der Waals surface area contributed by atoms with Gasteiger partial charge < -0.3 is 0 Å². The Morgan fingerprint density at radius 2 is 1.33 bits per heavy atom. The molecule has 1 aromatic carbocycles. The number of hydrogen-bond acceptors (Lipinski definition) is 2. The molecule has 2 rings (SSSR count). The van der Waals surface area contributed by atoms with E-state index in [1.54, 1.807) is 12.4 Å². The molecule has 1 aromatic rings. The molecule has 0 unspecified atom stereocenters. The molecule has 0 aliphatic carbocycles. The van der Waals surface area contributed by atoms with Gasteiger partial charge >= 0.3 is 0 Å². The first-order chi connectivity index (χ1) is 8.46. The Bertz CT molecular complexity index is 458. The highest BCUT2D eigenvalue weighted by Gasteiger charge is 2.32. The molecule has 2 nitrogen and oxygen atoms in total. The Kier molecular flexibility index (Phi) is 3.38. The lowest BCUT2D eigenvalue weighted by Crippen LogP contribution is -2.20. The van der Waals surface area contributed by atoms with Crippen molar-refractivity contribution in [1.29, 1.82) is 0 Å². The molecule has 0 amide bonds. The molecule has 0 radical (unpaired) electrons. The lowest BCUT2D eigenvalue weighted by atomic mass is 9.83. The van der Waals surface area contributed by atoms with Crippen LogP contribution < -0.4 is 0 Å². The van der Waals surface area contributed by atoms with Crippen molar-refractivity contribution >= 4 is 12.4 Å². The zero-order valence-electron chi connectivity index (χ0n) is 11.9. The van der Waals surface area contributed by atoms with Crippen LogP contribution in [0.1, 0.15) is 63.1 Å². The van der Waals surface area contributed by atoms with Crippen LogP contribution in [0.3, 0.4) is 0 Å². The average molecular weight is 242 g/mol. The summed E-state index contributed by atoms with van der Waals surface area (Å²) in [7, 11) is 0. The maximum absolute atomic E-state index is 4.58. The standard InChI is InChI=1S/C16H22N2/c1-11(2)13-7-6-8-14(12(3)4)15(13)16(5)17-9-10-18-16/h6-12H,1-5H3. The van der Waals surface area contributed by atoms with Crippen LogP contribution in [-0.2, 0) is 5.66 Å². The second-order valence-electron chi connectivity index (χ2n) is 5.70. The molecular weight excluding hydrogens is 220 g/mol. The molecule has 0 bridgehead atoms. The monoisotopic (exact) mass is 242 g/mol. The highest BCUT2D eigenvalue weighted by Crippen LogP contribution is 2.39. The van der Waals surface area contributed by atoms with Gasteiger partial charge in [0.05, 0.1) is 0 Å².